The van der Waals surface area contributed by atoms with E-state index >= 15 is 0 Å². The maximum atomic E-state index is 6.54. The highest BCUT2D eigenvalue weighted by molar-refractivity contribution is 6.34. The minimum atomic E-state index is 0.656. The quantitative estimate of drug-likeness (QED) is 0.506. The van der Waals surface area contributed by atoms with Crippen molar-refractivity contribution in [3.05, 3.63) is 71.8 Å². The third-order valence-corrected chi connectivity index (χ3v) is 4.26. The first-order valence-electron chi connectivity index (χ1n) is 8.48. The Bertz CT molecular complexity index is 824. The zero-order valence-corrected chi connectivity index (χ0v) is 15.2. The zero-order valence-electron chi connectivity index (χ0n) is 14.5. The van der Waals surface area contributed by atoms with Gasteiger partial charge in [0.2, 0.25) is 0 Å². The number of hydrogen-bond donors (Lipinski definition) is 0. The molecule has 0 aliphatic heterocycles. The zero-order chi connectivity index (χ0) is 17.6. The lowest BCUT2D eigenvalue weighted by molar-refractivity contribution is 0.340. The SMILES string of the molecule is CCOc1ccc(-c2cccc(Cl)c2-c2ccc(OCC)cc2)cc1. The van der Waals surface area contributed by atoms with E-state index in [0.717, 1.165) is 38.8 Å². The summed E-state index contributed by atoms with van der Waals surface area (Å²) in [6, 6.07) is 22.1. The summed E-state index contributed by atoms with van der Waals surface area (Å²) in [6.07, 6.45) is 0. The van der Waals surface area contributed by atoms with E-state index < -0.39 is 0 Å². The summed E-state index contributed by atoms with van der Waals surface area (Å²) in [5, 5.41) is 0.732. The molecule has 0 amide bonds. The second-order valence-electron chi connectivity index (χ2n) is 5.58. The van der Waals surface area contributed by atoms with E-state index in [0.29, 0.717) is 13.2 Å². The molecule has 2 nitrogen and oxygen atoms in total. The molecule has 128 valence electrons. The fraction of sp³-hybridized carbons (Fsp3) is 0.182. The van der Waals surface area contributed by atoms with Crippen LogP contribution in [0, 0.1) is 0 Å². The fourth-order valence-corrected chi connectivity index (χ4v) is 3.12. The van der Waals surface area contributed by atoms with Crippen LogP contribution in [0.2, 0.25) is 5.02 Å². The van der Waals surface area contributed by atoms with Gasteiger partial charge in [-0.2, -0.15) is 0 Å². The van der Waals surface area contributed by atoms with Crippen LogP contribution in [0.1, 0.15) is 13.8 Å². The molecule has 0 aliphatic carbocycles. The van der Waals surface area contributed by atoms with Crippen LogP contribution in [0.3, 0.4) is 0 Å². The lowest BCUT2D eigenvalue weighted by atomic mass is 9.94. The van der Waals surface area contributed by atoms with Crippen molar-refractivity contribution >= 4 is 11.6 Å². The monoisotopic (exact) mass is 352 g/mol. The molecule has 0 heterocycles. The summed E-state index contributed by atoms with van der Waals surface area (Å²) in [7, 11) is 0. The first kappa shape index (κ1) is 17.4. The summed E-state index contributed by atoms with van der Waals surface area (Å²) < 4.78 is 11.1. The highest BCUT2D eigenvalue weighted by Gasteiger charge is 2.11. The van der Waals surface area contributed by atoms with E-state index in [1.165, 1.54) is 0 Å². The van der Waals surface area contributed by atoms with Crippen LogP contribution in [-0.2, 0) is 0 Å². The topological polar surface area (TPSA) is 18.5 Å². The molecule has 0 aromatic heterocycles. The van der Waals surface area contributed by atoms with Gasteiger partial charge in [0.15, 0.2) is 0 Å². The third-order valence-electron chi connectivity index (χ3n) is 3.94. The van der Waals surface area contributed by atoms with E-state index in [1.807, 2.05) is 62.4 Å². The highest BCUT2D eigenvalue weighted by Crippen LogP contribution is 2.38. The maximum absolute atomic E-state index is 6.54. The van der Waals surface area contributed by atoms with Crippen LogP contribution in [0.15, 0.2) is 66.7 Å². The summed E-state index contributed by atoms with van der Waals surface area (Å²) >= 11 is 6.54. The average Bonchev–Trinajstić information content (AvgIpc) is 2.64. The highest BCUT2D eigenvalue weighted by atomic mass is 35.5. The molecule has 0 bridgehead atoms. The molecule has 0 radical (unpaired) electrons. The molecule has 0 N–H and O–H groups in total. The molecule has 0 spiro atoms. The second-order valence-corrected chi connectivity index (χ2v) is 5.98. The van der Waals surface area contributed by atoms with Crippen molar-refractivity contribution in [2.24, 2.45) is 0 Å². The Balaban J connectivity index is 2.02. The van der Waals surface area contributed by atoms with E-state index in [-0.39, 0.29) is 0 Å². The van der Waals surface area contributed by atoms with E-state index in [4.69, 9.17) is 21.1 Å². The molecule has 0 fully saturated rings. The van der Waals surface area contributed by atoms with E-state index in [9.17, 15) is 0 Å². The van der Waals surface area contributed by atoms with Gasteiger partial charge in [-0.05, 0) is 60.9 Å². The van der Waals surface area contributed by atoms with Gasteiger partial charge in [-0.3, -0.25) is 0 Å². The molecule has 3 aromatic rings. The summed E-state index contributed by atoms with van der Waals surface area (Å²) in [4.78, 5) is 0. The van der Waals surface area contributed by atoms with Crippen molar-refractivity contribution in [1.82, 2.24) is 0 Å². The molecule has 0 saturated heterocycles. The van der Waals surface area contributed by atoms with Crippen molar-refractivity contribution in [3.63, 3.8) is 0 Å². The first-order valence-corrected chi connectivity index (χ1v) is 8.85. The Kier molecular flexibility index (Phi) is 5.62. The fourth-order valence-electron chi connectivity index (χ4n) is 2.84. The Labute approximate surface area is 154 Å². The Morgan fingerprint density at radius 1 is 0.680 bits per heavy atom. The van der Waals surface area contributed by atoms with Crippen molar-refractivity contribution in [3.8, 4) is 33.8 Å². The van der Waals surface area contributed by atoms with Crippen molar-refractivity contribution < 1.29 is 9.47 Å². The number of ether oxygens (including phenoxy) is 2. The molecular weight excluding hydrogens is 332 g/mol. The minimum absolute atomic E-state index is 0.656. The first-order chi connectivity index (χ1) is 12.2. The van der Waals surface area contributed by atoms with Gasteiger partial charge in [-0.15, -0.1) is 0 Å². The van der Waals surface area contributed by atoms with Crippen LogP contribution in [-0.4, -0.2) is 13.2 Å². The molecule has 3 heteroatoms. The second kappa shape index (κ2) is 8.09. The van der Waals surface area contributed by atoms with Crippen LogP contribution < -0.4 is 9.47 Å². The maximum Gasteiger partial charge on any atom is 0.119 e. The lowest BCUT2D eigenvalue weighted by Gasteiger charge is -2.13. The molecule has 25 heavy (non-hydrogen) atoms. The third kappa shape index (κ3) is 3.97. The van der Waals surface area contributed by atoms with Gasteiger partial charge in [0, 0.05) is 10.6 Å². The van der Waals surface area contributed by atoms with Crippen molar-refractivity contribution in [1.29, 1.82) is 0 Å². The van der Waals surface area contributed by atoms with Crippen LogP contribution >= 0.6 is 11.6 Å². The van der Waals surface area contributed by atoms with Crippen LogP contribution in [0.5, 0.6) is 11.5 Å². The average molecular weight is 353 g/mol. The summed E-state index contributed by atoms with van der Waals surface area (Å²) in [5.74, 6) is 1.73. The number of benzene rings is 3. The van der Waals surface area contributed by atoms with E-state index in [1.54, 1.807) is 0 Å². The summed E-state index contributed by atoms with van der Waals surface area (Å²) in [5.41, 5.74) is 4.30. The summed E-state index contributed by atoms with van der Waals surface area (Å²) in [6.45, 7) is 5.28. The molecule has 3 rings (SSSR count). The lowest BCUT2D eigenvalue weighted by Crippen LogP contribution is -1.92. The van der Waals surface area contributed by atoms with Crippen LogP contribution in [0.25, 0.3) is 22.3 Å². The van der Waals surface area contributed by atoms with Crippen molar-refractivity contribution in [2.75, 3.05) is 13.2 Å². The van der Waals surface area contributed by atoms with Gasteiger partial charge in [-0.25, -0.2) is 0 Å². The smallest absolute Gasteiger partial charge is 0.119 e. The Morgan fingerprint density at radius 3 is 1.72 bits per heavy atom. The predicted octanol–water partition coefficient (Wildman–Crippen LogP) is 6.47. The largest absolute Gasteiger partial charge is 0.494 e. The van der Waals surface area contributed by atoms with Gasteiger partial charge < -0.3 is 9.47 Å². The normalized spacial score (nSPS) is 10.5. The van der Waals surface area contributed by atoms with Crippen LogP contribution in [0.4, 0.5) is 0 Å². The van der Waals surface area contributed by atoms with Gasteiger partial charge >= 0.3 is 0 Å². The number of rotatable bonds is 6. The van der Waals surface area contributed by atoms with Gasteiger partial charge in [0.25, 0.3) is 0 Å². The number of hydrogen-bond acceptors (Lipinski definition) is 2. The van der Waals surface area contributed by atoms with E-state index in [2.05, 4.69) is 18.2 Å². The molecule has 0 unspecified atom stereocenters. The molecular formula is C22H21ClO2. The molecule has 0 saturated carbocycles. The number of halogens is 1. The Morgan fingerprint density at radius 2 is 1.20 bits per heavy atom. The Hall–Kier alpha value is -2.45. The minimum Gasteiger partial charge on any atom is -0.494 e. The van der Waals surface area contributed by atoms with Gasteiger partial charge in [0.1, 0.15) is 11.5 Å². The predicted molar refractivity (Wildman–Crippen MR) is 105 cm³/mol. The standard InChI is InChI=1S/C22H21ClO2/c1-3-24-18-12-8-16(9-13-18)20-6-5-7-21(23)22(20)17-10-14-19(15-11-17)25-4-2/h5-15H,3-4H2,1-2H3. The molecule has 0 aliphatic rings. The molecule has 3 aromatic carbocycles. The van der Waals surface area contributed by atoms with Crippen molar-refractivity contribution in [2.45, 2.75) is 13.8 Å². The van der Waals surface area contributed by atoms with Gasteiger partial charge in [-0.1, -0.05) is 48.0 Å². The van der Waals surface area contributed by atoms with Gasteiger partial charge in [0.05, 0.1) is 13.2 Å². The molecule has 0 atom stereocenters.